The quantitative estimate of drug-likeness (QED) is 0.743. The number of nitrogens with zero attached hydrogens (tertiary/aromatic N) is 2. The minimum absolute atomic E-state index is 0.0257. The Morgan fingerprint density at radius 3 is 2.54 bits per heavy atom. The van der Waals surface area contributed by atoms with Crippen molar-refractivity contribution in [1.82, 2.24) is 9.29 Å². The summed E-state index contributed by atoms with van der Waals surface area (Å²) in [6, 6.07) is 8.95. The predicted octanol–water partition coefficient (Wildman–Crippen LogP) is 1.97. The van der Waals surface area contributed by atoms with Crippen molar-refractivity contribution >= 4 is 16.0 Å². The molecule has 0 fully saturated rings. The molecule has 1 heterocycles. The van der Waals surface area contributed by atoms with E-state index in [0.29, 0.717) is 5.69 Å². The van der Waals surface area contributed by atoms with Crippen LogP contribution >= 0.6 is 0 Å². The first-order chi connectivity index (χ1) is 11.3. The van der Waals surface area contributed by atoms with Gasteiger partial charge in [0.25, 0.3) is 0 Å². The molecule has 1 aromatic carbocycles. The van der Waals surface area contributed by atoms with Crippen LogP contribution in [0.15, 0.2) is 42.6 Å². The largest absolute Gasteiger partial charge is 0.465 e. The molecule has 6 nitrogen and oxygen atoms in total. The van der Waals surface area contributed by atoms with E-state index in [4.69, 9.17) is 0 Å². The van der Waals surface area contributed by atoms with Crippen molar-refractivity contribution in [1.29, 1.82) is 0 Å². The zero-order chi connectivity index (χ0) is 17.7. The summed E-state index contributed by atoms with van der Waals surface area (Å²) in [5.74, 6) is -1.33. The summed E-state index contributed by atoms with van der Waals surface area (Å²) < 4.78 is 43.8. The first-order valence-electron chi connectivity index (χ1n) is 7.03. The van der Waals surface area contributed by atoms with Crippen molar-refractivity contribution in [3.63, 3.8) is 0 Å². The summed E-state index contributed by atoms with van der Waals surface area (Å²) in [6.07, 6.45) is 2.61. The zero-order valence-corrected chi connectivity index (χ0v) is 14.1. The number of halogens is 1. The van der Waals surface area contributed by atoms with Gasteiger partial charge < -0.3 is 4.74 Å². The highest BCUT2D eigenvalue weighted by Crippen LogP contribution is 2.17. The van der Waals surface area contributed by atoms with Gasteiger partial charge in [-0.1, -0.05) is 12.1 Å². The molecule has 0 saturated heterocycles. The highest BCUT2D eigenvalue weighted by molar-refractivity contribution is 7.88. The fourth-order valence-electron chi connectivity index (χ4n) is 2.07. The number of hydrogen-bond acceptors (Lipinski definition) is 5. The van der Waals surface area contributed by atoms with Crippen molar-refractivity contribution in [2.75, 3.05) is 13.4 Å². The van der Waals surface area contributed by atoms with Crippen LogP contribution < -0.4 is 0 Å². The second-order valence-electron chi connectivity index (χ2n) is 5.15. The number of sulfonamides is 1. The number of methoxy groups -OCH3 is 1. The molecule has 0 N–H and O–H groups in total. The minimum atomic E-state index is -3.57. The van der Waals surface area contributed by atoms with Gasteiger partial charge in [0.15, 0.2) is 0 Å². The number of benzene rings is 1. The van der Waals surface area contributed by atoms with Crippen LogP contribution in [0.4, 0.5) is 4.39 Å². The fraction of sp³-hybridized carbons (Fsp3) is 0.250. The Hall–Kier alpha value is -2.32. The van der Waals surface area contributed by atoms with E-state index < -0.39 is 21.8 Å². The van der Waals surface area contributed by atoms with Gasteiger partial charge in [0.05, 0.1) is 31.2 Å². The van der Waals surface area contributed by atoms with Crippen LogP contribution in [0.3, 0.4) is 0 Å². The van der Waals surface area contributed by atoms with Gasteiger partial charge in [-0.15, -0.1) is 0 Å². The Balaban J connectivity index is 2.25. The molecule has 0 saturated carbocycles. The average Bonchev–Trinajstić information content (AvgIpc) is 2.55. The molecule has 0 atom stereocenters. The first kappa shape index (κ1) is 18.0. The Kier molecular flexibility index (Phi) is 5.63. The minimum Gasteiger partial charge on any atom is -0.465 e. The maximum absolute atomic E-state index is 14.2. The lowest BCUT2D eigenvalue weighted by molar-refractivity contribution is 0.0600. The second-order valence-corrected chi connectivity index (χ2v) is 7.13. The van der Waals surface area contributed by atoms with E-state index in [9.17, 15) is 17.6 Å². The lowest BCUT2D eigenvalue weighted by Crippen LogP contribution is -2.29. The van der Waals surface area contributed by atoms with Crippen LogP contribution in [0.1, 0.15) is 21.6 Å². The fourth-order valence-corrected chi connectivity index (χ4v) is 2.81. The standard InChI is InChI=1S/C16H17FN2O4S/c1-23-16(20)12-6-7-13(15(17)9-12)10-19(24(2,21)22)11-14-5-3-4-8-18-14/h3-9H,10-11H2,1-2H3. The summed E-state index contributed by atoms with van der Waals surface area (Å²) in [5.41, 5.74) is 0.771. The highest BCUT2D eigenvalue weighted by Gasteiger charge is 2.20. The maximum Gasteiger partial charge on any atom is 0.337 e. The highest BCUT2D eigenvalue weighted by atomic mass is 32.2. The van der Waals surface area contributed by atoms with Crippen LogP contribution in [-0.4, -0.2) is 37.0 Å². The van der Waals surface area contributed by atoms with Gasteiger partial charge in [0.2, 0.25) is 10.0 Å². The van der Waals surface area contributed by atoms with Crippen LogP contribution in [0.5, 0.6) is 0 Å². The van der Waals surface area contributed by atoms with Gasteiger partial charge in [-0.2, -0.15) is 4.31 Å². The molecular formula is C16H17FN2O4S. The van der Waals surface area contributed by atoms with E-state index in [-0.39, 0.29) is 24.2 Å². The number of aromatic nitrogens is 1. The monoisotopic (exact) mass is 352 g/mol. The van der Waals surface area contributed by atoms with E-state index in [1.54, 1.807) is 24.4 Å². The maximum atomic E-state index is 14.2. The third-order valence-electron chi connectivity index (χ3n) is 3.35. The Bertz CT molecular complexity index is 825. The third kappa shape index (κ3) is 4.59. The molecular weight excluding hydrogens is 335 g/mol. The summed E-state index contributed by atoms with van der Waals surface area (Å²) in [7, 11) is -2.37. The van der Waals surface area contributed by atoms with E-state index in [1.807, 2.05) is 0 Å². The van der Waals surface area contributed by atoms with E-state index in [2.05, 4.69) is 9.72 Å². The van der Waals surface area contributed by atoms with Gasteiger partial charge in [0.1, 0.15) is 5.82 Å². The summed E-state index contributed by atoms with van der Waals surface area (Å²) in [6.45, 7) is -0.138. The van der Waals surface area contributed by atoms with Crippen LogP contribution in [-0.2, 0) is 27.8 Å². The van der Waals surface area contributed by atoms with Crippen molar-refractivity contribution in [2.24, 2.45) is 0 Å². The average molecular weight is 352 g/mol. The molecule has 0 spiro atoms. The molecule has 128 valence electrons. The molecule has 24 heavy (non-hydrogen) atoms. The number of rotatable bonds is 6. The summed E-state index contributed by atoms with van der Waals surface area (Å²) in [4.78, 5) is 15.5. The molecule has 0 amide bonds. The number of ether oxygens (including phenoxy) is 1. The zero-order valence-electron chi connectivity index (χ0n) is 13.3. The van der Waals surface area contributed by atoms with Crippen molar-refractivity contribution in [3.05, 3.63) is 65.2 Å². The van der Waals surface area contributed by atoms with E-state index >= 15 is 0 Å². The normalized spacial score (nSPS) is 11.5. The van der Waals surface area contributed by atoms with Crippen LogP contribution in [0.2, 0.25) is 0 Å². The lowest BCUT2D eigenvalue weighted by Gasteiger charge is -2.20. The third-order valence-corrected chi connectivity index (χ3v) is 4.55. The van der Waals surface area contributed by atoms with Gasteiger partial charge in [0, 0.05) is 18.3 Å². The molecule has 2 aromatic rings. The summed E-state index contributed by atoms with van der Waals surface area (Å²) >= 11 is 0. The van der Waals surface area contributed by atoms with Crippen molar-refractivity contribution < 1.29 is 22.3 Å². The topological polar surface area (TPSA) is 76.6 Å². The first-order valence-corrected chi connectivity index (χ1v) is 8.88. The van der Waals surface area contributed by atoms with Gasteiger partial charge in [-0.05, 0) is 24.3 Å². The number of esters is 1. The summed E-state index contributed by atoms with van der Waals surface area (Å²) in [5, 5.41) is 0. The molecule has 8 heteroatoms. The Labute approximate surface area is 139 Å². The number of carbonyl (C=O) groups is 1. The number of pyridine rings is 1. The Morgan fingerprint density at radius 2 is 2.00 bits per heavy atom. The SMILES string of the molecule is COC(=O)c1ccc(CN(Cc2ccccn2)S(C)(=O)=O)c(F)c1. The predicted molar refractivity (Wildman–Crippen MR) is 86.1 cm³/mol. The molecule has 0 aliphatic heterocycles. The molecule has 1 aromatic heterocycles. The van der Waals surface area contributed by atoms with Crippen molar-refractivity contribution in [3.8, 4) is 0 Å². The molecule has 0 bridgehead atoms. The van der Waals surface area contributed by atoms with E-state index in [1.165, 1.54) is 19.2 Å². The van der Waals surface area contributed by atoms with Gasteiger partial charge in [-0.25, -0.2) is 17.6 Å². The van der Waals surface area contributed by atoms with Crippen LogP contribution in [0, 0.1) is 5.82 Å². The van der Waals surface area contributed by atoms with Crippen molar-refractivity contribution in [2.45, 2.75) is 13.1 Å². The molecule has 0 unspecified atom stereocenters. The second kappa shape index (κ2) is 7.50. The van der Waals surface area contributed by atoms with Crippen LogP contribution in [0.25, 0.3) is 0 Å². The van der Waals surface area contributed by atoms with Gasteiger partial charge in [-0.3, -0.25) is 4.98 Å². The van der Waals surface area contributed by atoms with E-state index in [0.717, 1.165) is 16.6 Å². The molecule has 0 radical (unpaired) electrons. The molecule has 0 aliphatic carbocycles. The molecule has 0 aliphatic rings. The molecule has 2 rings (SSSR count). The van der Waals surface area contributed by atoms with Gasteiger partial charge >= 0.3 is 5.97 Å². The lowest BCUT2D eigenvalue weighted by atomic mass is 10.1. The smallest absolute Gasteiger partial charge is 0.337 e. The number of hydrogen-bond donors (Lipinski definition) is 0. The Morgan fingerprint density at radius 1 is 1.25 bits per heavy atom. The number of carbonyl (C=O) groups excluding carboxylic acids is 1.